The van der Waals surface area contributed by atoms with Crippen LogP contribution in [0, 0.1) is 0 Å². The molecular formula is C8H12N2OS. The highest BCUT2D eigenvalue weighted by atomic mass is 32.1. The summed E-state index contributed by atoms with van der Waals surface area (Å²) in [5, 5.41) is 3.98. The van der Waals surface area contributed by atoms with E-state index in [9.17, 15) is 4.79 Å². The van der Waals surface area contributed by atoms with Crippen molar-refractivity contribution in [3.8, 4) is 0 Å². The van der Waals surface area contributed by atoms with Gasteiger partial charge in [0.05, 0.1) is 11.7 Å². The summed E-state index contributed by atoms with van der Waals surface area (Å²) >= 11 is 4.02. The van der Waals surface area contributed by atoms with Gasteiger partial charge < -0.3 is 0 Å². The number of thiol groups is 1. The van der Waals surface area contributed by atoms with Crippen LogP contribution in [-0.4, -0.2) is 9.78 Å². The number of rotatable bonds is 0. The summed E-state index contributed by atoms with van der Waals surface area (Å²) in [4.78, 5) is 11.9. The Hall–Kier alpha value is -0.770. The minimum atomic E-state index is -0.265. The Labute approximate surface area is 76.8 Å². The van der Waals surface area contributed by atoms with Crippen LogP contribution in [0.25, 0.3) is 0 Å². The highest BCUT2D eigenvalue weighted by molar-refractivity contribution is 7.80. The van der Waals surface area contributed by atoms with Gasteiger partial charge in [0.1, 0.15) is 0 Å². The molecule has 0 fully saturated rings. The summed E-state index contributed by atoms with van der Waals surface area (Å²) in [5.74, 6) is 0. The van der Waals surface area contributed by atoms with E-state index < -0.39 is 0 Å². The lowest BCUT2D eigenvalue weighted by atomic mass is 10.1. The lowest BCUT2D eigenvalue weighted by Crippen LogP contribution is -2.35. The molecule has 0 atom stereocenters. The van der Waals surface area contributed by atoms with E-state index in [1.54, 1.807) is 6.20 Å². The second-order valence-corrected chi connectivity index (χ2v) is 4.15. The first kappa shape index (κ1) is 9.32. The van der Waals surface area contributed by atoms with Crippen LogP contribution in [-0.2, 0) is 5.54 Å². The summed E-state index contributed by atoms with van der Waals surface area (Å²) in [7, 11) is 0. The van der Waals surface area contributed by atoms with Crippen LogP contribution in [0.15, 0.2) is 22.0 Å². The Kier molecular flexibility index (Phi) is 2.28. The maximum absolute atomic E-state index is 11.3. The highest BCUT2D eigenvalue weighted by Crippen LogP contribution is 2.08. The monoisotopic (exact) mass is 184 g/mol. The second kappa shape index (κ2) is 2.94. The van der Waals surface area contributed by atoms with E-state index in [-0.39, 0.29) is 11.1 Å². The third kappa shape index (κ3) is 1.88. The highest BCUT2D eigenvalue weighted by Gasteiger charge is 2.14. The maximum Gasteiger partial charge on any atom is 0.268 e. The van der Waals surface area contributed by atoms with Crippen LogP contribution >= 0.6 is 12.6 Å². The van der Waals surface area contributed by atoms with Gasteiger partial charge >= 0.3 is 0 Å². The quantitative estimate of drug-likeness (QED) is 0.616. The van der Waals surface area contributed by atoms with Crippen LogP contribution in [0.5, 0.6) is 0 Å². The van der Waals surface area contributed by atoms with Crippen LogP contribution < -0.4 is 5.56 Å². The zero-order chi connectivity index (χ0) is 9.35. The summed E-state index contributed by atoms with van der Waals surface area (Å²) < 4.78 is 1.44. The van der Waals surface area contributed by atoms with Crippen LogP contribution in [0.4, 0.5) is 0 Å². The molecule has 0 unspecified atom stereocenters. The van der Waals surface area contributed by atoms with E-state index in [4.69, 9.17) is 0 Å². The molecule has 66 valence electrons. The first-order valence-electron chi connectivity index (χ1n) is 3.70. The van der Waals surface area contributed by atoms with Gasteiger partial charge in [-0.1, -0.05) is 0 Å². The number of hydrogen-bond donors (Lipinski definition) is 1. The smallest absolute Gasteiger partial charge is 0.268 e. The standard InChI is InChI=1S/C8H12N2OS/c1-8(2,3)10-7(11)4-6(12)5-9-10/h4-5,12H,1-3H3. The first-order chi connectivity index (χ1) is 5.41. The Balaban J connectivity index is 3.29. The number of hydrogen-bond acceptors (Lipinski definition) is 3. The van der Waals surface area contributed by atoms with Crippen LogP contribution in [0.2, 0.25) is 0 Å². The van der Waals surface area contributed by atoms with Gasteiger partial charge in [0.25, 0.3) is 5.56 Å². The van der Waals surface area contributed by atoms with E-state index in [0.717, 1.165) is 0 Å². The molecule has 0 amide bonds. The van der Waals surface area contributed by atoms with Crippen molar-refractivity contribution in [3.05, 3.63) is 22.6 Å². The van der Waals surface area contributed by atoms with E-state index in [1.807, 2.05) is 20.8 Å². The summed E-state index contributed by atoms with van der Waals surface area (Å²) in [6, 6.07) is 1.46. The van der Waals surface area contributed by atoms with Gasteiger partial charge in [-0.2, -0.15) is 5.10 Å². The molecule has 0 aliphatic carbocycles. The van der Waals surface area contributed by atoms with Crippen LogP contribution in [0.3, 0.4) is 0 Å². The lowest BCUT2D eigenvalue weighted by molar-refractivity contribution is 0.336. The molecule has 0 radical (unpaired) electrons. The lowest BCUT2D eigenvalue weighted by Gasteiger charge is -2.19. The van der Waals surface area contributed by atoms with Crippen molar-refractivity contribution in [2.75, 3.05) is 0 Å². The Morgan fingerprint density at radius 3 is 2.50 bits per heavy atom. The molecule has 1 aromatic rings. The van der Waals surface area contributed by atoms with E-state index in [1.165, 1.54) is 10.7 Å². The molecule has 1 aromatic heterocycles. The van der Waals surface area contributed by atoms with Crippen molar-refractivity contribution in [1.82, 2.24) is 9.78 Å². The maximum atomic E-state index is 11.3. The largest absolute Gasteiger partial charge is 0.268 e. The number of nitrogens with zero attached hydrogens (tertiary/aromatic N) is 2. The SMILES string of the molecule is CC(C)(C)n1ncc(S)cc1=O. The van der Waals surface area contributed by atoms with Gasteiger partial charge in [0.2, 0.25) is 0 Å². The zero-order valence-electron chi connectivity index (χ0n) is 7.40. The fourth-order valence-electron chi connectivity index (χ4n) is 0.902. The molecule has 12 heavy (non-hydrogen) atoms. The molecular weight excluding hydrogens is 172 g/mol. The third-order valence-electron chi connectivity index (χ3n) is 1.42. The minimum Gasteiger partial charge on any atom is -0.268 e. The predicted molar refractivity (Wildman–Crippen MR) is 50.7 cm³/mol. The molecule has 0 saturated carbocycles. The topological polar surface area (TPSA) is 34.9 Å². The summed E-state index contributed by atoms with van der Waals surface area (Å²) in [5.41, 5.74) is -0.381. The molecule has 1 rings (SSSR count). The molecule has 0 bridgehead atoms. The van der Waals surface area contributed by atoms with Crippen molar-refractivity contribution in [2.24, 2.45) is 0 Å². The second-order valence-electron chi connectivity index (χ2n) is 3.63. The molecule has 0 N–H and O–H groups in total. The van der Waals surface area contributed by atoms with E-state index in [2.05, 4.69) is 17.7 Å². The molecule has 0 aliphatic rings. The van der Waals surface area contributed by atoms with Crippen molar-refractivity contribution in [3.63, 3.8) is 0 Å². The molecule has 4 heteroatoms. The van der Waals surface area contributed by atoms with E-state index in [0.29, 0.717) is 4.90 Å². The average Bonchev–Trinajstić information content (AvgIpc) is 1.83. The molecule has 0 aromatic carbocycles. The molecule has 3 nitrogen and oxygen atoms in total. The van der Waals surface area contributed by atoms with E-state index >= 15 is 0 Å². The van der Waals surface area contributed by atoms with Gasteiger partial charge in [0, 0.05) is 11.0 Å². The summed E-state index contributed by atoms with van der Waals surface area (Å²) in [6.45, 7) is 5.79. The predicted octanol–water partition coefficient (Wildman–Crippen LogP) is 1.29. The normalized spacial score (nSPS) is 11.7. The van der Waals surface area contributed by atoms with Gasteiger partial charge in [-0.15, -0.1) is 12.6 Å². The molecule has 0 spiro atoms. The third-order valence-corrected chi connectivity index (χ3v) is 1.67. The van der Waals surface area contributed by atoms with Crippen molar-refractivity contribution >= 4 is 12.6 Å². The minimum absolute atomic E-state index is 0.116. The van der Waals surface area contributed by atoms with Gasteiger partial charge in [-0.25, -0.2) is 4.68 Å². The van der Waals surface area contributed by atoms with Gasteiger partial charge in [-0.05, 0) is 20.8 Å². The fourth-order valence-corrected chi connectivity index (χ4v) is 1.06. The molecule has 0 saturated heterocycles. The van der Waals surface area contributed by atoms with Crippen molar-refractivity contribution in [2.45, 2.75) is 31.2 Å². The Bertz CT molecular complexity index is 338. The van der Waals surface area contributed by atoms with Crippen molar-refractivity contribution in [1.29, 1.82) is 0 Å². The van der Waals surface area contributed by atoms with Gasteiger partial charge in [-0.3, -0.25) is 4.79 Å². The Morgan fingerprint density at radius 2 is 2.08 bits per heavy atom. The number of aromatic nitrogens is 2. The fraction of sp³-hybridized carbons (Fsp3) is 0.500. The van der Waals surface area contributed by atoms with Crippen molar-refractivity contribution < 1.29 is 0 Å². The molecule has 0 aliphatic heterocycles. The van der Waals surface area contributed by atoms with Gasteiger partial charge in [0.15, 0.2) is 0 Å². The zero-order valence-corrected chi connectivity index (χ0v) is 8.30. The van der Waals surface area contributed by atoms with Crippen LogP contribution in [0.1, 0.15) is 20.8 Å². The first-order valence-corrected chi connectivity index (χ1v) is 4.15. The summed E-state index contributed by atoms with van der Waals surface area (Å²) in [6.07, 6.45) is 1.57. The molecule has 1 heterocycles. The Morgan fingerprint density at radius 1 is 1.50 bits per heavy atom. The average molecular weight is 184 g/mol.